The van der Waals surface area contributed by atoms with Gasteiger partial charge in [0, 0.05) is 22.5 Å². The van der Waals surface area contributed by atoms with E-state index in [0.29, 0.717) is 13.2 Å². The van der Waals surface area contributed by atoms with Crippen LogP contribution in [0.3, 0.4) is 0 Å². The summed E-state index contributed by atoms with van der Waals surface area (Å²) in [5, 5.41) is 2.45. The largest absolute Gasteiger partial charge is 0.372 e. The van der Waals surface area contributed by atoms with Gasteiger partial charge in [-0.1, -0.05) is 160 Å². The van der Waals surface area contributed by atoms with Gasteiger partial charge < -0.3 is 4.74 Å². The molecular weight excluding hydrogens is 733 g/mol. The summed E-state index contributed by atoms with van der Waals surface area (Å²) in [5.74, 6) is 0.923. The molecule has 10 aromatic rings. The predicted octanol–water partition coefficient (Wildman–Crippen LogP) is 12.5. The van der Waals surface area contributed by atoms with E-state index in [-0.39, 0.29) is 5.41 Å². The van der Waals surface area contributed by atoms with Crippen LogP contribution >= 0.6 is 0 Å². The van der Waals surface area contributed by atoms with E-state index in [1.54, 1.807) is 0 Å². The second kappa shape index (κ2) is 14.3. The standard InChI is InChI=1S/C55H44N4O/c1-55(2,3)43-18-12-17-40(31-43)46-22-13-21-45(39-15-5-4-6-16-39)54(46)58-36-57(50-24-9-10-25-51(50)58)44-19-11-14-37(29-44)28-38-26-27-48-47-20-7-8-23-49(47)59(52(48)30-38)53-32-41-34-60-35-42(41)33-56-53/h4-27,29-33H,28,34-35H2,1-3H3. The molecule has 0 spiro atoms. The maximum absolute atomic E-state index is 5.74. The van der Waals surface area contributed by atoms with E-state index in [2.05, 4.69) is 211 Å². The second-order valence-electron chi connectivity index (χ2n) is 17.0. The van der Waals surface area contributed by atoms with Crippen molar-refractivity contribution in [3.05, 3.63) is 210 Å². The first-order valence-corrected chi connectivity index (χ1v) is 20.8. The Bertz CT molecular complexity index is 3260. The van der Waals surface area contributed by atoms with Crippen molar-refractivity contribution in [1.82, 2.24) is 14.1 Å². The van der Waals surface area contributed by atoms with Gasteiger partial charge in [0.2, 0.25) is 0 Å². The van der Waals surface area contributed by atoms with Crippen LogP contribution in [0, 0.1) is 6.33 Å². The molecule has 4 heterocycles. The number of nitrogens with zero attached hydrogens (tertiary/aromatic N) is 4. The summed E-state index contributed by atoms with van der Waals surface area (Å²) in [6.45, 7) is 8.09. The average molecular weight is 777 g/mol. The van der Waals surface area contributed by atoms with Crippen LogP contribution in [0.2, 0.25) is 0 Å². The molecule has 0 saturated carbocycles. The third-order valence-corrected chi connectivity index (χ3v) is 12.1. The van der Waals surface area contributed by atoms with Gasteiger partial charge in [-0.25, -0.2) is 4.98 Å². The number of fused-ring (bicyclic) bond motifs is 5. The number of rotatable bonds is 7. The Labute approximate surface area is 350 Å². The first-order valence-electron chi connectivity index (χ1n) is 20.8. The fraction of sp³-hybridized carbons (Fsp3) is 0.127. The van der Waals surface area contributed by atoms with Crippen molar-refractivity contribution in [2.24, 2.45) is 0 Å². The molecule has 0 bridgehead atoms. The third-order valence-electron chi connectivity index (χ3n) is 12.1. The lowest BCUT2D eigenvalue weighted by atomic mass is 9.85. The van der Waals surface area contributed by atoms with Gasteiger partial charge in [-0.15, -0.1) is 0 Å². The van der Waals surface area contributed by atoms with Gasteiger partial charge in [-0.05, 0) is 86.7 Å². The van der Waals surface area contributed by atoms with E-state index >= 15 is 0 Å². The van der Waals surface area contributed by atoms with Crippen LogP contribution in [0.25, 0.3) is 72.3 Å². The number of para-hydroxylation sites is 4. The molecule has 5 nitrogen and oxygen atoms in total. The molecule has 11 rings (SSSR count). The van der Waals surface area contributed by atoms with Gasteiger partial charge in [-0.3, -0.25) is 13.7 Å². The first-order chi connectivity index (χ1) is 29.4. The fourth-order valence-electron chi connectivity index (χ4n) is 9.02. The molecule has 0 atom stereocenters. The van der Waals surface area contributed by atoms with E-state index in [1.165, 1.54) is 44.2 Å². The zero-order chi connectivity index (χ0) is 40.4. The summed E-state index contributed by atoms with van der Waals surface area (Å²) in [6.07, 6.45) is 6.63. The minimum absolute atomic E-state index is 0.0205. The Kier molecular flexibility index (Phi) is 8.61. The highest BCUT2D eigenvalue weighted by Crippen LogP contribution is 2.37. The van der Waals surface area contributed by atoms with E-state index in [9.17, 15) is 0 Å². The minimum atomic E-state index is 0.0205. The van der Waals surface area contributed by atoms with Crippen LogP contribution < -0.4 is 4.57 Å². The Balaban J connectivity index is 1.03. The van der Waals surface area contributed by atoms with Gasteiger partial charge >= 0.3 is 0 Å². The molecule has 0 N–H and O–H groups in total. The Hall–Kier alpha value is -7.08. The van der Waals surface area contributed by atoms with Crippen molar-refractivity contribution < 1.29 is 9.30 Å². The molecule has 1 aliphatic rings. The van der Waals surface area contributed by atoms with E-state index in [4.69, 9.17) is 9.72 Å². The van der Waals surface area contributed by atoms with Crippen LogP contribution in [0.15, 0.2) is 176 Å². The fourth-order valence-corrected chi connectivity index (χ4v) is 9.02. The monoisotopic (exact) mass is 776 g/mol. The van der Waals surface area contributed by atoms with Crippen molar-refractivity contribution in [2.75, 3.05) is 0 Å². The van der Waals surface area contributed by atoms with Gasteiger partial charge in [-0.2, -0.15) is 0 Å². The number of hydrogen-bond donors (Lipinski definition) is 0. The quantitative estimate of drug-likeness (QED) is 0.119. The highest BCUT2D eigenvalue weighted by atomic mass is 16.5. The van der Waals surface area contributed by atoms with E-state index in [0.717, 1.165) is 62.4 Å². The van der Waals surface area contributed by atoms with Crippen LogP contribution in [-0.2, 0) is 29.8 Å². The van der Waals surface area contributed by atoms with Gasteiger partial charge in [0.25, 0.3) is 6.33 Å². The lowest BCUT2D eigenvalue weighted by Crippen LogP contribution is -2.31. The average Bonchev–Trinajstić information content (AvgIpc) is 4.00. The number of aromatic nitrogens is 4. The Morgan fingerprint density at radius 1 is 0.600 bits per heavy atom. The Morgan fingerprint density at radius 3 is 2.17 bits per heavy atom. The van der Waals surface area contributed by atoms with Crippen LogP contribution in [0.4, 0.5) is 0 Å². The maximum Gasteiger partial charge on any atom is 0.269 e. The van der Waals surface area contributed by atoms with E-state index in [1.807, 2.05) is 6.20 Å². The normalized spacial score (nSPS) is 12.8. The van der Waals surface area contributed by atoms with Crippen molar-refractivity contribution in [1.29, 1.82) is 0 Å². The summed E-state index contributed by atoms with van der Waals surface area (Å²) in [5.41, 5.74) is 17.5. The molecule has 1 aliphatic heterocycles. The van der Waals surface area contributed by atoms with Gasteiger partial charge in [0.05, 0.1) is 46.7 Å². The van der Waals surface area contributed by atoms with Crippen molar-refractivity contribution in [2.45, 2.75) is 45.8 Å². The van der Waals surface area contributed by atoms with Crippen molar-refractivity contribution in [3.63, 3.8) is 0 Å². The van der Waals surface area contributed by atoms with Gasteiger partial charge in [0.15, 0.2) is 0 Å². The van der Waals surface area contributed by atoms with E-state index < -0.39 is 0 Å². The number of imidazole rings is 1. The zero-order valence-corrected chi connectivity index (χ0v) is 34.1. The number of pyridine rings is 1. The van der Waals surface area contributed by atoms with Crippen molar-refractivity contribution in [3.8, 4) is 39.4 Å². The summed E-state index contributed by atoms with van der Waals surface area (Å²) in [6, 6.07) is 61.7. The van der Waals surface area contributed by atoms with Crippen LogP contribution in [0.5, 0.6) is 0 Å². The molecule has 7 aromatic carbocycles. The van der Waals surface area contributed by atoms with Gasteiger partial charge in [0.1, 0.15) is 5.82 Å². The lowest BCUT2D eigenvalue weighted by molar-refractivity contribution is -0.571. The molecule has 0 radical (unpaired) electrons. The number of hydrogen-bond acceptors (Lipinski definition) is 2. The smallest absolute Gasteiger partial charge is 0.269 e. The summed E-state index contributed by atoms with van der Waals surface area (Å²) < 4.78 is 12.5. The van der Waals surface area contributed by atoms with Crippen LogP contribution in [0.1, 0.15) is 48.6 Å². The minimum Gasteiger partial charge on any atom is -0.372 e. The predicted molar refractivity (Wildman–Crippen MR) is 243 cm³/mol. The zero-order valence-electron chi connectivity index (χ0n) is 34.1. The SMILES string of the molecule is CC(C)(C)c1cccc(-c2cccc(-c3ccccc3)c2-[n+]2[c-]n(-c3cccc(Cc4ccc5c6ccccc6n(-c6cc7c(cn6)COC7)c5c4)c3)c3ccccc32)c1. The highest BCUT2D eigenvalue weighted by Gasteiger charge is 2.22. The lowest BCUT2D eigenvalue weighted by Gasteiger charge is -2.21. The molecule has 3 aromatic heterocycles. The topological polar surface area (TPSA) is 35.9 Å². The van der Waals surface area contributed by atoms with Crippen molar-refractivity contribution >= 4 is 32.8 Å². The molecule has 0 aliphatic carbocycles. The first kappa shape index (κ1) is 36.0. The number of ether oxygens (including phenoxy) is 1. The Morgan fingerprint density at radius 2 is 1.30 bits per heavy atom. The second-order valence-corrected chi connectivity index (χ2v) is 17.0. The highest BCUT2D eigenvalue weighted by molar-refractivity contribution is 6.09. The molecule has 0 saturated heterocycles. The molecular formula is C55H44N4O. The molecule has 0 fully saturated rings. The molecule has 60 heavy (non-hydrogen) atoms. The summed E-state index contributed by atoms with van der Waals surface area (Å²) in [4.78, 5) is 4.93. The molecule has 0 unspecified atom stereocenters. The summed E-state index contributed by atoms with van der Waals surface area (Å²) >= 11 is 0. The third kappa shape index (κ3) is 6.21. The molecule has 5 heteroatoms. The number of benzene rings is 7. The summed E-state index contributed by atoms with van der Waals surface area (Å²) in [7, 11) is 0. The molecule has 290 valence electrons. The van der Waals surface area contributed by atoms with Crippen LogP contribution in [-0.4, -0.2) is 14.1 Å². The maximum atomic E-state index is 5.74. The molecule has 0 amide bonds.